The Morgan fingerprint density at radius 2 is 1.92 bits per heavy atom. The van der Waals surface area contributed by atoms with Gasteiger partial charge < -0.3 is 14.9 Å². The molecule has 1 unspecified atom stereocenters. The van der Waals surface area contributed by atoms with Crippen molar-refractivity contribution in [1.29, 1.82) is 0 Å². The normalized spacial score (nSPS) is 20.0. The number of hydrogen-bond donors (Lipinski definition) is 1. The summed E-state index contributed by atoms with van der Waals surface area (Å²) in [5.74, 6) is -1.28. The molecular formula is C19H26N2O4. The molecule has 1 aromatic rings. The van der Waals surface area contributed by atoms with Gasteiger partial charge in [0.15, 0.2) is 0 Å². The number of benzene rings is 1. The van der Waals surface area contributed by atoms with Crippen LogP contribution >= 0.6 is 0 Å². The monoisotopic (exact) mass is 346 g/mol. The Balaban J connectivity index is 2.22. The molecule has 2 amide bonds. The highest BCUT2D eigenvalue weighted by molar-refractivity contribution is 6.00. The second-order valence-corrected chi connectivity index (χ2v) is 6.99. The van der Waals surface area contributed by atoms with E-state index in [0.29, 0.717) is 30.6 Å². The summed E-state index contributed by atoms with van der Waals surface area (Å²) in [7, 11) is 1.71. The fourth-order valence-electron chi connectivity index (χ4n) is 3.23. The minimum absolute atomic E-state index is 0.0612. The minimum atomic E-state index is -0.897. The first-order valence-corrected chi connectivity index (χ1v) is 8.61. The van der Waals surface area contributed by atoms with Crippen molar-refractivity contribution in [3.05, 3.63) is 35.4 Å². The third kappa shape index (κ3) is 3.52. The van der Waals surface area contributed by atoms with Gasteiger partial charge in [0.1, 0.15) is 0 Å². The molecule has 6 nitrogen and oxygen atoms in total. The van der Waals surface area contributed by atoms with E-state index in [0.717, 1.165) is 0 Å². The van der Waals surface area contributed by atoms with Crippen LogP contribution in [0, 0.1) is 11.3 Å². The molecule has 1 fully saturated rings. The third-order valence-electron chi connectivity index (χ3n) is 5.30. The van der Waals surface area contributed by atoms with Crippen molar-refractivity contribution in [2.45, 2.75) is 27.2 Å². The van der Waals surface area contributed by atoms with E-state index in [1.807, 2.05) is 20.8 Å². The molecule has 0 aliphatic carbocycles. The van der Waals surface area contributed by atoms with Crippen molar-refractivity contribution in [2.75, 3.05) is 26.7 Å². The van der Waals surface area contributed by atoms with Gasteiger partial charge in [-0.25, -0.2) is 0 Å². The number of carboxylic acids is 1. The van der Waals surface area contributed by atoms with Crippen LogP contribution in [-0.2, 0) is 4.79 Å². The van der Waals surface area contributed by atoms with E-state index in [2.05, 4.69) is 0 Å². The average Bonchev–Trinajstić information content (AvgIpc) is 3.06. The van der Waals surface area contributed by atoms with Crippen molar-refractivity contribution < 1.29 is 19.5 Å². The number of carbonyl (C=O) groups is 3. The molecule has 1 aliphatic heterocycles. The highest BCUT2D eigenvalue weighted by Crippen LogP contribution is 2.38. The average molecular weight is 346 g/mol. The lowest BCUT2D eigenvalue weighted by molar-refractivity contribution is -0.150. The van der Waals surface area contributed by atoms with Crippen molar-refractivity contribution in [3.63, 3.8) is 0 Å². The zero-order valence-corrected chi connectivity index (χ0v) is 15.3. The van der Waals surface area contributed by atoms with E-state index < -0.39 is 11.4 Å². The van der Waals surface area contributed by atoms with Gasteiger partial charge >= 0.3 is 5.97 Å². The van der Waals surface area contributed by atoms with Crippen LogP contribution in [0.25, 0.3) is 0 Å². The van der Waals surface area contributed by atoms with Crippen LogP contribution in [0.2, 0.25) is 0 Å². The van der Waals surface area contributed by atoms with Crippen LogP contribution in [0.5, 0.6) is 0 Å². The zero-order chi connectivity index (χ0) is 18.8. The topological polar surface area (TPSA) is 77.9 Å². The summed E-state index contributed by atoms with van der Waals surface area (Å²) in [5, 5.41) is 9.62. The maximum absolute atomic E-state index is 12.8. The maximum atomic E-state index is 12.8. The molecule has 6 heteroatoms. The summed E-state index contributed by atoms with van der Waals surface area (Å²) in [4.78, 5) is 40.0. The molecule has 1 saturated heterocycles. The lowest BCUT2D eigenvalue weighted by atomic mass is 9.76. The van der Waals surface area contributed by atoms with Crippen LogP contribution < -0.4 is 0 Å². The van der Waals surface area contributed by atoms with Crippen molar-refractivity contribution in [2.24, 2.45) is 11.3 Å². The molecule has 0 saturated carbocycles. The van der Waals surface area contributed by atoms with Crippen LogP contribution in [0.4, 0.5) is 0 Å². The zero-order valence-electron chi connectivity index (χ0n) is 15.3. The van der Waals surface area contributed by atoms with E-state index in [-0.39, 0.29) is 24.3 Å². The Hall–Kier alpha value is -2.37. The summed E-state index contributed by atoms with van der Waals surface area (Å²) in [5.41, 5.74) is -0.0195. The molecule has 0 radical (unpaired) electrons. The Bertz CT molecular complexity index is 686. The van der Waals surface area contributed by atoms with E-state index >= 15 is 0 Å². The molecule has 1 atom stereocenters. The fraction of sp³-hybridized carbons (Fsp3) is 0.526. The molecule has 136 valence electrons. The molecule has 2 rings (SSSR count). The van der Waals surface area contributed by atoms with Gasteiger partial charge in [-0.2, -0.15) is 0 Å². The summed E-state index contributed by atoms with van der Waals surface area (Å²) < 4.78 is 0. The molecule has 1 aromatic carbocycles. The fourth-order valence-corrected chi connectivity index (χ4v) is 3.23. The van der Waals surface area contributed by atoms with E-state index in [9.17, 15) is 19.5 Å². The van der Waals surface area contributed by atoms with Crippen LogP contribution in [0.3, 0.4) is 0 Å². The molecule has 0 aromatic heterocycles. The first-order valence-electron chi connectivity index (χ1n) is 8.61. The van der Waals surface area contributed by atoms with Crippen molar-refractivity contribution in [3.8, 4) is 0 Å². The number of amides is 2. The van der Waals surface area contributed by atoms with Crippen molar-refractivity contribution >= 4 is 17.8 Å². The van der Waals surface area contributed by atoms with E-state index in [1.165, 1.54) is 0 Å². The first-order chi connectivity index (χ1) is 11.7. The second-order valence-electron chi connectivity index (χ2n) is 6.99. The highest BCUT2D eigenvalue weighted by atomic mass is 16.4. The summed E-state index contributed by atoms with van der Waals surface area (Å²) >= 11 is 0. The Kier molecular flexibility index (Phi) is 5.50. The number of rotatable bonds is 5. The number of carbonyl (C=O) groups excluding carboxylic acids is 2. The third-order valence-corrected chi connectivity index (χ3v) is 5.30. The Morgan fingerprint density at radius 3 is 2.44 bits per heavy atom. The highest BCUT2D eigenvalue weighted by Gasteiger charge is 2.48. The van der Waals surface area contributed by atoms with Gasteiger partial charge in [0.2, 0.25) is 0 Å². The maximum Gasteiger partial charge on any atom is 0.311 e. The van der Waals surface area contributed by atoms with Gasteiger partial charge in [0.25, 0.3) is 11.8 Å². The van der Waals surface area contributed by atoms with Crippen LogP contribution in [0.1, 0.15) is 47.9 Å². The number of likely N-dealkylation sites (tertiary alicyclic amines) is 1. The summed E-state index contributed by atoms with van der Waals surface area (Å²) in [6, 6.07) is 6.63. The SMILES string of the molecule is CCN(C)C(=O)c1cccc(C(=O)N2CCC(C(=O)O)(C(C)C)C2)c1. The molecule has 0 spiro atoms. The molecule has 1 heterocycles. The van der Waals surface area contributed by atoms with E-state index in [1.54, 1.807) is 41.1 Å². The predicted molar refractivity (Wildman–Crippen MR) is 94.5 cm³/mol. The number of carboxylic acid groups (broad SMARTS) is 1. The number of hydrogen-bond acceptors (Lipinski definition) is 3. The van der Waals surface area contributed by atoms with Crippen LogP contribution in [0.15, 0.2) is 24.3 Å². The van der Waals surface area contributed by atoms with E-state index in [4.69, 9.17) is 0 Å². The number of nitrogens with zero attached hydrogens (tertiary/aromatic N) is 2. The van der Waals surface area contributed by atoms with Crippen LogP contribution in [-0.4, -0.2) is 59.4 Å². The predicted octanol–water partition coefficient (Wildman–Crippen LogP) is 2.35. The second kappa shape index (κ2) is 7.25. The summed E-state index contributed by atoms with van der Waals surface area (Å²) in [6.07, 6.45) is 0.447. The van der Waals surface area contributed by atoms with Gasteiger partial charge in [-0.1, -0.05) is 19.9 Å². The molecule has 25 heavy (non-hydrogen) atoms. The smallest absolute Gasteiger partial charge is 0.311 e. The van der Waals surface area contributed by atoms with Gasteiger partial charge in [0, 0.05) is 37.8 Å². The minimum Gasteiger partial charge on any atom is -0.481 e. The lowest BCUT2D eigenvalue weighted by Gasteiger charge is -2.28. The Morgan fingerprint density at radius 1 is 1.28 bits per heavy atom. The largest absolute Gasteiger partial charge is 0.481 e. The number of aliphatic carboxylic acids is 1. The standard InChI is InChI=1S/C19H26N2O4/c1-5-20(4)16(22)14-7-6-8-15(11-14)17(23)21-10-9-19(12-21,13(2)3)18(24)25/h6-8,11,13H,5,9-10,12H2,1-4H3,(H,24,25). The van der Waals surface area contributed by atoms with Gasteiger partial charge in [-0.3, -0.25) is 14.4 Å². The molecular weight excluding hydrogens is 320 g/mol. The van der Waals surface area contributed by atoms with Gasteiger partial charge in [-0.15, -0.1) is 0 Å². The molecule has 0 bridgehead atoms. The quantitative estimate of drug-likeness (QED) is 0.888. The van der Waals surface area contributed by atoms with Crippen molar-refractivity contribution in [1.82, 2.24) is 9.80 Å². The molecule has 1 N–H and O–H groups in total. The first kappa shape index (κ1) is 19.0. The van der Waals surface area contributed by atoms with Gasteiger partial charge in [-0.05, 0) is 37.5 Å². The molecule has 1 aliphatic rings. The summed E-state index contributed by atoms with van der Waals surface area (Å²) in [6.45, 7) is 6.83. The van der Waals surface area contributed by atoms with Gasteiger partial charge in [0.05, 0.1) is 5.41 Å². The lowest BCUT2D eigenvalue weighted by Crippen LogP contribution is -2.40. The Labute approximate surface area is 148 Å².